The zero-order valence-corrected chi connectivity index (χ0v) is 14.0. The van der Waals surface area contributed by atoms with Crippen molar-refractivity contribution >= 4 is 10.0 Å². The number of nitrogens with one attached hydrogen (secondary N) is 2. The van der Waals surface area contributed by atoms with Gasteiger partial charge in [-0.25, -0.2) is 13.1 Å². The Hall–Kier alpha value is -0.910. The second-order valence-electron chi connectivity index (χ2n) is 6.36. The summed E-state index contributed by atoms with van der Waals surface area (Å²) >= 11 is 0. The maximum Gasteiger partial charge on any atom is 0.240 e. The summed E-state index contributed by atoms with van der Waals surface area (Å²) in [6.45, 7) is 7.50. The predicted molar refractivity (Wildman–Crippen MR) is 85.6 cm³/mol. The number of sulfonamides is 1. The Morgan fingerprint density at radius 2 is 2.00 bits per heavy atom. The third kappa shape index (κ3) is 4.53. The maximum absolute atomic E-state index is 12.4. The zero-order chi connectivity index (χ0) is 15.5. The first kappa shape index (κ1) is 16.5. The van der Waals surface area contributed by atoms with Crippen LogP contribution in [0.3, 0.4) is 0 Å². The van der Waals surface area contributed by atoms with Gasteiger partial charge in [-0.1, -0.05) is 32.9 Å². The quantitative estimate of drug-likeness (QED) is 0.776. The fourth-order valence-electron chi connectivity index (χ4n) is 2.31. The molecule has 0 spiro atoms. The molecule has 2 rings (SSSR count). The van der Waals surface area contributed by atoms with Gasteiger partial charge in [-0.05, 0) is 42.4 Å². The summed E-state index contributed by atoms with van der Waals surface area (Å²) in [7, 11) is -3.40. The second kappa shape index (κ2) is 6.46. The van der Waals surface area contributed by atoms with E-state index in [4.69, 9.17) is 0 Å². The van der Waals surface area contributed by atoms with E-state index in [-0.39, 0.29) is 5.41 Å². The third-order valence-electron chi connectivity index (χ3n) is 4.27. The van der Waals surface area contributed by atoms with E-state index in [0.717, 1.165) is 24.8 Å². The van der Waals surface area contributed by atoms with Crippen molar-refractivity contribution < 1.29 is 8.42 Å². The van der Waals surface area contributed by atoms with Crippen molar-refractivity contribution in [2.45, 2.75) is 57.5 Å². The zero-order valence-electron chi connectivity index (χ0n) is 13.1. The van der Waals surface area contributed by atoms with E-state index in [9.17, 15) is 8.42 Å². The van der Waals surface area contributed by atoms with Crippen LogP contribution in [-0.2, 0) is 16.6 Å². The van der Waals surface area contributed by atoms with E-state index in [1.165, 1.54) is 0 Å². The van der Waals surface area contributed by atoms with Gasteiger partial charge in [0.1, 0.15) is 0 Å². The first-order chi connectivity index (χ1) is 9.87. The van der Waals surface area contributed by atoms with E-state index in [1.54, 1.807) is 18.2 Å². The highest BCUT2D eigenvalue weighted by Gasteiger charge is 2.41. The lowest BCUT2D eigenvalue weighted by Crippen LogP contribution is -2.30. The van der Waals surface area contributed by atoms with E-state index in [1.807, 2.05) is 6.07 Å². The number of rotatable bonds is 8. The Balaban J connectivity index is 2.03. The monoisotopic (exact) mass is 310 g/mol. The first-order valence-electron chi connectivity index (χ1n) is 7.69. The lowest BCUT2D eigenvalue weighted by molar-refractivity contribution is 0.475. The van der Waals surface area contributed by atoms with Crippen molar-refractivity contribution in [3.63, 3.8) is 0 Å². The predicted octanol–water partition coefficient (Wildman–Crippen LogP) is 2.65. The molecule has 118 valence electrons. The van der Waals surface area contributed by atoms with Crippen molar-refractivity contribution in [1.82, 2.24) is 10.0 Å². The van der Waals surface area contributed by atoms with E-state index in [2.05, 4.69) is 30.8 Å². The molecule has 2 N–H and O–H groups in total. The highest BCUT2D eigenvalue weighted by atomic mass is 32.2. The Morgan fingerprint density at radius 1 is 1.29 bits per heavy atom. The molecule has 5 heteroatoms. The minimum absolute atomic E-state index is 0.212. The fraction of sp³-hybridized carbons (Fsp3) is 0.625. The minimum Gasteiger partial charge on any atom is -0.310 e. The number of hydrogen-bond acceptors (Lipinski definition) is 3. The molecule has 0 aromatic heterocycles. The van der Waals surface area contributed by atoms with Crippen LogP contribution in [-0.4, -0.2) is 21.0 Å². The highest BCUT2D eigenvalue weighted by molar-refractivity contribution is 7.89. The van der Waals surface area contributed by atoms with Crippen molar-refractivity contribution in [3.05, 3.63) is 29.8 Å². The van der Waals surface area contributed by atoms with Gasteiger partial charge in [0.2, 0.25) is 10.0 Å². The number of hydrogen-bond donors (Lipinski definition) is 2. The van der Waals surface area contributed by atoms with Gasteiger partial charge >= 0.3 is 0 Å². The van der Waals surface area contributed by atoms with Crippen molar-refractivity contribution in [2.75, 3.05) is 6.54 Å². The summed E-state index contributed by atoms with van der Waals surface area (Å²) in [5, 5.41) is 3.30. The summed E-state index contributed by atoms with van der Waals surface area (Å²) in [5.41, 5.74) is 1.20. The van der Waals surface area contributed by atoms with Crippen molar-refractivity contribution in [1.29, 1.82) is 0 Å². The topological polar surface area (TPSA) is 58.2 Å². The molecule has 1 saturated carbocycles. The van der Waals surface area contributed by atoms with Crippen LogP contribution in [0.2, 0.25) is 0 Å². The van der Waals surface area contributed by atoms with Gasteiger partial charge in [-0.15, -0.1) is 0 Å². The molecule has 0 heterocycles. The minimum atomic E-state index is -3.40. The molecule has 21 heavy (non-hydrogen) atoms. The molecular weight excluding hydrogens is 284 g/mol. The standard InChI is InChI=1S/C16H26N2O2S/c1-4-16(8-9-16)12-18-21(19,20)15-7-5-6-14(10-15)11-17-13(2)3/h5-7,10,13,17-18H,4,8-9,11-12H2,1-3H3. The van der Waals surface area contributed by atoms with Crippen molar-refractivity contribution in [3.8, 4) is 0 Å². The molecule has 1 aliphatic carbocycles. The normalized spacial score (nSPS) is 17.1. The van der Waals surface area contributed by atoms with Gasteiger partial charge in [-0.2, -0.15) is 0 Å². The molecule has 0 radical (unpaired) electrons. The van der Waals surface area contributed by atoms with Crippen LogP contribution in [0.1, 0.15) is 45.6 Å². The Bertz CT molecular complexity index is 578. The molecule has 1 aromatic rings. The molecular formula is C16H26N2O2S. The van der Waals surface area contributed by atoms with Crippen LogP contribution in [0.15, 0.2) is 29.2 Å². The van der Waals surface area contributed by atoms with E-state index < -0.39 is 10.0 Å². The fourth-order valence-corrected chi connectivity index (χ4v) is 3.54. The van der Waals surface area contributed by atoms with Gasteiger partial charge in [0.05, 0.1) is 4.90 Å². The summed E-state index contributed by atoms with van der Waals surface area (Å²) in [6, 6.07) is 7.54. The molecule has 0 unspecified atom stereocenters. The lowest BCUT2D eigenvalue weighted by Gasteiger charge is -2.14. The molecule has 0 atom stereocenters. The SMILES string of the molecule is CCC1(CNS(=O)(=O)c2cccc(CNC(C)C)c2)CC1. The van der Waals surface area contributed by atoms with Gasteiger partial charge in [0.15, 0.2) is 0 Å². The van der Waals surface area contributed by atoms with Gasteiger partial charge in [0, 0.05) is 19.1 Å². The Kier molecular flexibility index (Phi) is 5.07. The summed E-state index contributed by atoms with van der Waals surface area (Å²) in [5.74, 6) is 0. The van der Waals surface area contributed by atoms with Crippen LogP contribution >= 0.6 is 0 Å². The largest absolute Gasteiger partial charge is 0.310 e. The van der Waals surface area contributed by atoms with Gasteiger partial charge < -0.3 is 5.32 Å². The van der Waals surface area contributed by atoms with Gasteiger partial charge in [-0.3, -0.25) is 0 Å². The molecule has 1 fully saturated rings. The van der Waals surface area contributed by atoms with Crippen LogP contribution in [0.4, 0.5) is 0 Å². The third-order valence-corrected chi connectivity index (χ3v) is 5.67. The molecule has 4 nitrogen and oxygen atoms in total. The highest BCUT2D eigenvalue weighted by Crippen LogP contribution is 2.48. The molecule has 0 bridgehead atoms. The lowest BCUT2D eigenvalue weighted by atomic mass is 10.1. The summed E-state index contributed by atoms with van der Waals surface area (Å²) in [6.07, 6.45) is 3.29. The molecule has 1 aliphatic rings. The molecule has 0 amide bonds. The van der Waals surface area contributed by atoms with Crippen LogP contribution in [0.5, 0.6) is 0 Å². The van der Waals surface area contributed by atoms with Crippen LogP contribution in [0, 0.1) is 5.41 Å². The first-order valence-corrected chi connectivity index (χ1v) is 9.17. The smallest absolute Gasteiger partial charge is 0.240 e. The average Bonchev–Trinajstić information content (AvgIpc) is 3.24. The van der Waals surface area contributed by atoms with Crippen LogP contribution in [0.25, 0.3) is 0 Å². The summed E-state index contributed by atoms with van der Waals surface area (Å²) < 4.78 is 27.5. The van der Waals surface area contributed by atoms with Gasteiger partial charge in [0.25, 0.3) is 0 Å². The van der Waals surface area contributed by atoms with E-state index >= 15 is 0 Å². The van der Waals surface area contributed by atoms with E-state index in [0.29, 0.717) is 24.0 Å². The van der Waals surface area contributed by atoms with Crippen molar-refractivity contribution in [2.24, 2.45) is 5.41 Å². The average molecular weight is 310 g/mol. The molecule has 0 aliphatic heterocycles. The molecule has 1 aromatic carbocycles. The Morgan fingerprint density at radius 3 is 2.57 bits per heavy atom. The van der Waals surface area contributed by atoms with Crippen LogP contribution < -0.4 is 10.0 Å². The molecule has 0 saturated heterocycles. The maximum atomic E-state index is 12.4. The Labute approximate surface area is 128 Å². The summed E-state index contributed by atoms with van der Waals surface area (Å²) in [4.78, 5) is 0.359. The second-order valence-corrected chi connectivity index (χ2v) is 8.13. The number of benzene rings is 1.